The number of hydrogen-bond acceptors (Lipinski definition) is 3. The van der Waals surface area contributed by atoms with Crippen molar-refractivity contribution in [3.05, 3.63) is 28.8 Å². The summed E-state index contributed by atoms with van der Waals surface area (Å²) in [6, 6.07) is 3.36. The van der Waals surface area contributed by atoms with E-state index in [2.05, 4.69) is 13.8 Å². The number of phenolic OH excluding ortho intramolecular Hbond substituents is 1. The summed E-state index contributed by atoms with van der Waals surface area (Å²) in [5.41, 5.74) is 7.67. The van der Waals surface area contributed by atoms with Crippen molar-refractivity contribution in [3.8, 4) is 5.75 Å². The topological polar surface area (TPSA) is 63.3 Å². The smallest absolute Gasteiger partial charge is 0.180 e. The summed E-state index contributed by atoms with van der Waals surface area (Å²) in [6.07, 6.45) is 0. The molecule has 0 fully saturated rings. The fourth-order valence-corrected chi connectivity index (χ4v) is 1.66. The Kier molecular flexibility index (Phi) is 3.48. The van der Waals surface area contributed by atoms with E-state index in [0.29, 0.717) is 11.5 Å². The molecule has 0 saturated heterocycles. The van der Waals surface area contributed by atoms with Crippen molar-refractivity contribution >= 4 is 5.78 Å². The first-order valence-corrected chi connectivity index (χ1v) is 5.04. The normalized spacial score (nSPS) is 10.7. The number of hydrogen-bond donors (Lipinski definition) is 2. The molecule has 0 aliphatic carbocycles. The van der Waals surface area contributed by atoms with Crippen LogP contribution in [0, 0.1) is 6.92 Å². The molecule has 0 aliphatic rings. The Bertz CT molecular complexity index is 383. The highest BCUT2D eigenvalue weighted by atomic mass is 16.3. The predicted molar refractivity (Wildman–Crippen MR) is 60.3 cm³/mol. The number of nitrogens with two attached hydrogens (primary N) is 1. The van der Waals surface area contributed by atoms with Gasteiger partial charge in [-0.15, -0.1) is 0 Å². The summed E-state index contributed by atoms with van der Waals surface area (Å²) in [5, 5.41) is 9.62. The summed E-state index contributed by atoms with van der Waals surface area (Å²) in [4.78, 5) is 11.4. The molecule has 1 aromatic rings. The number of aromatic hydroxyl groups is 1. The minimum absolute atomic E-state index is 0.0207. The van der Waals surface area contributed by atoms with E-state index in [1.807, 2.05) is 6.92 Å². The van der Waals surface area contributed by atoms with Crippen LogP contribution in [0.15, 0.2) is 12.1 Å². The maximum atomic E-state index is 11.4. The molecule has 82 valence electrons. The van der Waals surface area contributed by atoms with Crippen molar-refractivity contribution in [2.75, 3.05) is 6.54 Å². The van der Waals surface area contributed by atoms with Crippen molar-refractivity contribution in [1.29, 1.82) is 0 Å². The number of rotatable bonds is 3. The highest BCUT2D eigenvalue weighted by Crippen LogP contribution is 2.27. The molecule has 0 aliphatic heterocycles. The zero-order chi connectivity index (χ0) is 11.6. The number of carbonyl (C=O) groups excluding carboxylic acids is 1. The zero-order valence-corrected chi connectivity index (χ0v) is 9.37. The molecular weight excluding hydrogens is 190 g/mol. The van der Waals surface area contributed by atoms with Gasteiger partial charge in [-0.2, -0.15) is 0 Å². The summed E-state index contributed by atoms with van der Waals surface area (Å²) < 4.78 is 0. The first-order valence-electron chi connectivity index (χ1n) is 5.04. The third-order valence-electron chi connectivity index (χ3n) is 2.49. The lowest BCUT2D eigenvalue weighted by Gasteiger charge is -2.12. The summed E-state index contributed by atoms with van der Waals surface area (Å²) >= 11 is 0. The van der Waals surface area contributed by atoms with Crippen molar-refractivity contribution in [2.24, 2.45) is 5.73 Å². The van der Waals surface area contributed by atoms with Crippen LogP contribution >= 0.6 is 0 Å². The van der Waals surface area contributed by atoms with Gasteiger partial charge < -0.3 is 10.8 Å². The van der Waals surface area contributed by atoms with Gasteiger partial charge in [-0.25, -0.2) is 0 Å². The summed E-state index contributed by atoms with van der Waals surface area (Å²) in [7, 11) is 0. The Morgan fingerprint density at radius 1 is 1.47 bits per heavy atom. The maximum absolute atomic E-state index is 11.4. The Balaban J connectivity index is 3.29. The van der Waals surface area contributed by atoms with E-state index in [-0.39, 0.29) is 18.1 Å². The molecule has 0 heterocycles. The quantitative estimate of drug-likeness (QED) is 0.745. The maximum Gasteiger partial charge on any atom is 0.180 e. The summed E-state index contributed by atoms with van der Waals surface area (Å²) in [5.74, 6) is 0.122. The van der Waals surface area contributed by atoms with Crippen LogP contribution < -0.4 is 5.73 Å². The molecule has 1 aromatic carbocycles. The van der Waals surface area contributed by atoms with Crippen LogP contribution in [-0.2, 0) is 0 Å². The molecule has 0 amide bonds. The average molecular weight is 207 g/mol. The molecule has 0 spiro atoms. The molecule has 0 bridgehead atoms. The van der Waals surface area contributed by atoms with Gasteiger partial charge in [0.2, 0.25) is 0 Å². The Morgan fingerprint density at radius 2 is 2.07 bits per heavy atom. The lowest BCUT2D eigenvalue weighted by molar-refractivity contribution is 0.0998. The number of ketones is 1. The van der Waals surface area contributed by atoms with E-state index >= 15 is 0 Å². The van der Waals surface area contributed by atoms with E-state index in [9.17, 15) is 9.90 Å². The number of aryl methyl sites for hydroxylation is 1. The van der Waals surface area contributed by atoms with Crippen molar-refractivity contribution in [3.63, 3.8) is 0 Å². The first-order chi connectivity index (χ1) is 6.97. The van der Waals surface area contributed by atoms with Crippen molar-refractivity contribution in [1.82, 2.24) is 0 Å². The summed E-state index contributed by atoms with van der Waals surface area (Å²) in [6.45, 7) is 5.95. The zero-order valence-electron chi connectivity index (χ0n) is 9.37. The molecule has 0 radical (unpaired) electrons. The minimum Gasteiger partial charge on any atom is -0.507 e. The van der Waals surface area contributed by atoms with Gasteiger partial charge in [-0.1, -0.05) is 13.8 Å². The third kappa shape index (κ3) is 2.36. The Labute approximate surface area is 89.9 Å². The molecule has 0 unspecified atom stereocenters. The second-order valence-electron chi connectivity index (χ2n) is 4.01. The molecule has 3 N–H and O–H groups in total. The van der Waals surface area contributed by atoms with Crippen molar-refractivity contribution < 1.29 is 9.90 Å². The van der Waals surface area contributed by atoms with Crippen LogP contribution in [0.4, 0.5) is 0 Å². The van der Waals surface area contributed by atoms with E-state index in [0.717, 1.165) is 11.1 Å². The second-order valence-corrected chi connectivity index (χ2v) is 4.01. The number of carbonyl (C=O) groups is 1. The monoisotopic (exact) mass is 207 g/mol. The number of benzene rings is 1. The van der Waals surface area contributed by atoms with Gasteiger partial charge in [-0.05, 0) is 36.1 Å². The van der Waals surface area contributed by atoms with E-state index in [4.69, 9.17) is 5.73 Å². The van der Waals surface area contributed by atoms with Crippen LogP contribution in [0.3, 0.4) is 0 Å². The third-order valence-corrected chi connectivity index (χ3v) is 2.49. The largest absolute Gasteiger partial charge is 0.507 e. The van der Waals surface area contributed by atoms with Crippen molar-refractivity contribution in [2.45, 2.75) is 26.7 Å². The van der Waals surface area contributed by atoms with Crippen LogP contribution in [-0.4, -0.2) is 17.4 Å². The molecule has 3 heteroatoms. The molecule has 0 saturated carbocycles. The van der Waals surface area contributed by atoms with Gasteiger partial charge in [-0.3, -0.25) is 4.79 Å². The average Bonchev–Trinajstić information content (AvgIpc) is 2.16. The lowest BCUT2D eigenvalue weighted by atomic mass is 9.94. The van der Waals surface area contributed by atoms with Crippen LogP contribution in [0.5, 0.6) is 5.75 Å². The minimum atomic E-state index is -0.227. The molecule has 0 aromatic heterocycles. The van der Waals surface area contributed by atoms with Gasteiger partial charge >= 0.3 is 0 Å². The highest BCUT2D eigenvalue weighted by Gasteiger charge is 2.13. The standard InChI is InChI=1S/C12H17NO2/c1-7(2)9-5-10(12(15)6-13)11(14)4-8(9)3/h4-5,7,14H,6,13H2,1-3H3. The molecular formula is C12H17NO2. The molecule has 15 heavy (non-hydrogen) atoms. The molecule has 1 rings (SSSR count). The van der Waals surface area contributed by atoms with Crippen LogP contribution in [0.1, 0.15) is 41.3 Å². The molecule has 3 nitrogen and oxygen atoms in total. The SMILES string of the molecule is Cc1cc(O)c(C(=O)CN)cc1C(C)C. The Morgan fingerprint density at radius 3 is 2.53 bits per heavy atom. The number of Topliss-reactive ketones (excluding diaryl/α,β-unsaturated/α-hetero) is 1. The fourth-order valence-electron chi connectivity index (χ4n) is 1.66. The Hall–Kier alpha value is -1.35. The first kappa shape index (κ1) is 11.7. The fraction of sp³-hybridized carbons (Fsp3) is 0.417. The second kappa shape index (κ2) is 4.45. The van der Waals surface area contributed by atoms with Gasteiger partial charge in [0.05, 0.1) is 12.1 Å². The van der Waals surface area contributed by atoms with Gasteiger partial charge in [0.15, 0.2) is 5.78 Å². The molecule has 0 atom stereocenters. The predicted octanol–water partition coefficient (Wildman–Crippen LogP) is 1.97. The highest BCUT2D eigenvalue weighted by molar-refractivity contribution is 6.00. The van der Waals surface area contributed by atoms with E-state index in [1.54, 1.807) is 12.1 Å². The van der Waals surface area contributed by atoms with Gasteiger partial charge in [0, 0.05) is 0 Å². The number of phenols is 1. The van der Waals surface area contributed by atoms with Crippen LogP contribution in [0.2, 0.25) is 0 Å². The van der Waals surface area contributed by atoms with Gasteiger partial charge in [0.1, 0.15) is 5.75 Å². The van der Waals surface area contributed by atoms with Gasteiger partial charge in [0.25, 0.3) is 0 Å². The van der Waals surface area contributed by atoms with E-state index < -0.39 is 0 Å². The van der Waals surface area contributed by atoms with E-state index in [1.165, 1.54) is 0 Å². The van der Waals surface area contributed by atoms with Crippen LogP contribution in [0.25, 0.3) is 0 Å². The lowest BCUT2D eigenvalue weighted by Crippen LogP contribution is -2.14.